The molecule has 1 atom stereocenters. The number of Topliss-reactive ketones (excluding diaryl/α,β-unsaturated/α-hetero) is 1. The third-order valence-electron chi connectivity index (χ3n) is 10.3. The second-order valence-electron chi connectivity index (χ2n) is 15.6. The maximum Gasteiger partial charge on any atom is 0.410 e. The number of nitrogens with one attached hydrogen (secondary N) is 3. The molecule has 2 saturated heterocycles. The quantitative estimate of drug-likeness (QED) is 0.115. The zero-order valence-electron chi connectivity index (χ0n) is 34.0. The summed E-state index contributed by atoms with van der Waals surface area (Å²) in [7, 11) is 5.15. The molecule has 0 saturated carbocycles. The van der Waals surface area contributed by atoms with Gasteiger partial charge in [0, 0.05) is 37.5 Å². The van der Waals surface area contributed by atoms with Crippen LogP contribution >= 0.6 is 0 Å². The van der Waals surface area contributed by atoms with Gasteiger partial charge in [-0.05, 0) is 63.4 Å². The van der Waals surface area contributed by atoms with Crippen molar-refractivity contribution >= 4 is 52.1 Å². The molecular formula is C41H54IN7O9. The molecule has 0 radical (unpaired) electrons. The average Bonchev–Trinajstić information content (AvgIpc) is 3.68. The number of amides is 5. The van der Waals surface area contributed by atoms with Crippen molar-refractivity contribution in [2.24, 2.45) is 0 Å². The molecule has 3 heterocycles. The molecular weight excluding hydrogens is 861 g/mol. The first-order valence-corrected chi connectivity index (χ1v) is 19.2. The van der Waals surface area contributed by atoms with Gasteiger partial charge in [0.15, 0.2) is 11.5 Å². The zero-order chi connectivity index (χ0) is 41.3. The molecule has 2 aromatic carbocycles. The minimum Gasteiger partial charge on any atom is -1.00 e. The summed E-state index contributed by atoms with van der Waals surface area (Å²) in [5.74, 6) is -1.72. The van der Waals surface area contributed by atoms with Crippen LogP contribution in [0.1, 0.15) is 62.4 Å². The van der Waals surface area contributed by atoms with E-state index in [1.165, 1.54) is 31.4 Å². The number of likely N-dealkylation sites (N-methyl/N-ethyl adjacent to an activating group) is 1. The Morgan fingerprint density at radius 3 is 2.34 bits per heavy atom. The first-order valence-electron chi connectivity index (χ1n) is 19.2. The van der Waals surface area contributed by atoms with E-state index in [2.05, 4.69) is 28.0 Å². The summed E-state index contributed by atoms with van der Waals surface area (Å²) < 4.78 is 16.8. The number of fused-ring (bicyclic) bond motifs is 1. The van der Waals surface area contributed by atoms with Crippen molar-refractivity contribution in [2.75, 3.05) is 72.4 Å². The molecule has 58 heavy (non-hydrogen) atoms. The number of carbonyl (C=O) groups is 6. The number of aromatic nitrogens is 1. The molecule has 5 rings (SSSR count). The van der Waals surface area contributed by atoms with Crippen LogP contribution in [0.15, 0.2) is 48.7 Å². The Balaban J connectivity index is 0.00000744. The van der Waals surface area contributed by atoms with Crippen LogP contribution in [0, 0.1) is 0 Å². The minimum absolute atomic E-state index is 0. The predicted molar refractivity (Wildman–Crippen MR) is 212 cm³/mol. The molecule has 2 aliphatic rings. The molecule has 0 spiro atoms. The smallest absolute Gasteiger partial charge is 0.410 e. The number of para-hydroxylation sites is 1. The summed E-state index contributed by atoms with van der Waals surface area (Å²) >= 11 is 0. The number of ether oxygens (including phenoxy) is 3. The van der Waals surface area contributed by atoms with Crippen LogP contribution < -0.4 is 49.4 Å². The Morgan fingerprint density at radius 2 is 1.66 bits per heavy atom. The molecule has 2 fully saturated rings. The Bertz CT molecular complexity index is 2000. The fraction of sp³-hybridized carbons (Fsp3) is 0.488. The summed E-state index contributed by atoms with van der Waals surface area (Å²) in [6.07, 6.45) is 2.95. The number of benzene rings is 2. The number of ketones is 1. The van der Waals surface area contributed by atoms with Gasteiger partial charge in [-0.1, -0.05) is 18.2 Å². The third kappa shape index (κ3) is 11.8. The molecule has 17 heteroatoms. The summed E-state index contributed by atoms with van der Waals surface area (Å²) in [6.45, 7) is 8.99. The number of hydrogen-bond acceptors (Lipinski definition) is 10. The molecule has 0 unspecified atom stereocenters. The van der Waals surface area contributed by atoms with Crippen molar-refractivity contribution in [1.29, 1.82) is 0 Å². The van der Waals surface area contributed by atoms with E-state index in [9.17, 15) is 28.8 Å². The van der Waals surface area contributed by atoms with Gasteiger partial charge in [0.2, 0.25) is 17.6 Å². The lowest BCUT2D eigenvalue weighted by Gasteiger charge is -2.42. The summed E-state index contributed by atoms with van der Waals surface area (Å²) in [5.41, 5.74) is 1.29. The van der Waals surface area contributed by atoms with Crippen molar-refractivity contribution in [2.45, 2.75) is 64.6 Å². The first-order chi connectivity index (χ1) is 27.1. The predicted octanol–water partition coefficient (Wildman–Crippen LogP) is 0.278. The number of carbonyl (C=O) groups excluding carboxylic acids is 6. The van der Waals surface area contributed by atoms with Crippen molar-refractivity contribution < 1.29 is 71.4 Å². The first kappa shape index (κ1) is 45.7. The molecule has 16 nitrogen and oxygen atoms in total. The van der Waals surface area contributed by atoms with E-state index in [0.29, 0.717) is 66.0 Å². The lowest BCUT2D eigenvalue weighted by Crippen LogP contribution is -3.00. The fourth-order valence-electron chi connectivity index (χ4n) is 7.09. The number of hydrogen-bond donors (Lipinski definition) is 3. The fourth-order valence-corrected chi connectivity index (χ4v) is 7.09. The van der Waals surface area contributed by atoms with Gasteiger partial charge in [-0.15, -0.1) is 0 Å². The van der Waals surface area contributed by atoms with Gasteiger partial charge in [0.25, 0.3) is 11.8 Å². The number of quaternary nitrogens is 1. The van der Waals surface area contributed by atoms with Crippen molar-refractivity contribution in [1.82, 2.24) is 25.4 Å². The largest absolute Gasteiger partial charge is 1.00 e. The molecule has 3 N–H and O–H groups in total. The standard InChI is InChI=1S/C41H53N7O9.HI/c1-41(2,3)57-40(54)46-19-22-48(4,23-20-46)21-9-13-34(49)45-30-11-7-10-28-29(16-17-42-36(28)30)38(52)44-26-35(50)47-18-8-12-31(47)37(51)39(53)43-25-27-14-15-32(55-5)33(24-27)56-6;/h7,10-11,14-17,24,31H,8-9,12-13,18-23,25-26H2,1-6H3,(H2-,43,44,45,49,52,53);1H/t31-;/m0./s1. The van der Waals surface area contributed by atoms with Crippen LogP contribution in [-0.2, 0) is 30.5 Å². The lowest BCUT2D eigenvalue weighted by molar-refractivity contribution is -0.913. The van der Waals surface area contributed by atoms with Crippen LogP contribution in [-0.4, -0.2) is 133 Å². The van der Waals surface area contributed by atoms with Gasteiger partial charge in [-0.25, -0.2) is 4.79 Å². The van der Waals surface area contributed by atoms with E-state index in [1.54, 1.807) is 41.3 Å². The summed E-state index contributed by atoms with van der Waals surface area (Å²) in [4.78, 5) is 85.7. The molecule has 314 valence electrons. The van der Waals surface area contributed by atoms with Gasteiger partial charge >= 0.3 is 6.09 Å². The van der Waals surface area contributed by atoms with Gasteiger partial charge < -0.3 is 63.5 Å². The van der Waals surface area contributed by atoms with E-state index < -0.39 is 35.1 Å². The van der Waals surface area contributed by atoms with E-state index in [1.807, 2.05) is 20.8 Å². The van der Waals surface area contributed by atoms with Crippen molar-refractivity contribution in [3.8, 4) is 11.5 Å². The molecule has 2 aliphatic heterocycles. The second-order valence-corrected chi connectivity index (χ2v) is 15.6. The molecule has 5 amide bonds. The average molecular weight is 916 g/mol. The SMILES string of the molecule is COc1ccc(CNC(=O)C(=O)[C@@H]2CCCN2C(=O)CNC(=O)c2ccnc3c(NC(=O)CCC[N+]4(C)CCN(C(=O)OC(C)(C)C)CC4)cccc23)cc1OC.[I-]. The van der Waals surface area contributed by atoms with Crippen LogP contribution in [0.2, 0.25) is 0 Å². The zero-order valence-corrected chi connectivity index (χ0v) is 36.2. The van der Waals surface area contributed by atoms with Crippen LogP contribution in [0.25, 0.3) is 10.9 Å². The number of piperazine rings is 1. The second kappa shape index (κ2) is 20.1. The Hall–Kier alpha value is -5.04. The van der Waals surface area contributed by atoms with Gasteiger partial charge in [0.1, 0.15) is 11.6 Å². The topological polar surface area (TPSA) is 186 Å². The third-order valence-corrected chi connectivity index (χ3v) is 10.3. The molecule has 0 aliphatic carbocycles. The van der Waals surface area contributed by atoms with E-state index in [0.717, 1.165) is 24.1 Å². The number of halogens is 1. The highest BCUT2D eigenvalue weighted by atomic mass is 127. The van der Waals surface area contributed by atoms with Crippen LogP contribution in [0.5, 0.6) is 11.5 Å². The highest BCUT2D eigenvalue weighted by Crippen LogP contribution is 2.28. The van der Waals surface area contributed by atoms with Crippen molar-refractivity contribution in [3.63, 3.8) is 0 Å². The van der Waals surface area contributed by atoms with Gasteiger partial charge in [-0.3, -0.25) is 33.9 Å². The number of methoxy groups -OCH3 is 2. The van der Waals surface area contributed by atoms with E-state index in [4.69, 9.17) is 14.2 Å². The van der Waals surface area contributed by atoms with E-state index >= 15 is 0 Å². The van der Waals surface area contributed by atoms with Gasteiger partial charge in [-0.2, -0.15) is 0 Å². The van der Waals surface area contributed by atoms with Gasteiger partial charge in [0.05, 0.1) is 77.3 Å². The number of rotatable bonds is 14. The molecule has 1 aromatic heterocycles. The van der Waals surface area contributed by atoms with Crippen LogP contribution in [0.4, 0.5) is 10.5 Å². The Kier molecular flexibility index (Phi) is 15.8. The monoisotopic (exact) mass is 915 g/mol. The number of pyridine rings is 1. The maximum atomic E-state index is 13.4. The van der Waals surface area contributed by atoms with E-state index in [-0.39, 0.29) is 67.6 Å². The number of nitrogens with zero attached hydrogens (tertiary/aromatic N) is 4. The number of likely N-dealkylation sites (tertiary alicyclic amines) is 1. The molecule has 0 bridgehead atoms. The number of anilines is 1. The van der Waals surface area contributed by atoms with Crippen LogP contribution in [0.3, 0.4) is 0 Å². The maximum absolute atomic E-state index is 13.4. The summed E-state index contributed by atoms with van der Waals surface area (Å²) in [6, 6.07) is 10.9. The normalized spacial score (nSPS) is 16.1. The lowest BCUT2D eigenvalue weighted by atomic mass is 10.1. The minimum atomic E-state index is -0.938. The molecule has 3 aromatic rings. The highest BCUT2D eigenvalue weighted by Gasteiger charge is 2.37. The highest BCUT2D eigenvalue weighted by molar-refractivity contribution is 6.38. The van der Waals surface area contributed by atoms with Crippen molar-refractivity contribution in [3.05, 3.63) is 59.8 Å². The Labute approximate surface area is 355 Å². The Morgan fingerprint density at radius 1 is 0.931 bits per heavy atom. The summed E-state index contributed by atoms with van der Waals surface area (Å²) in [5, 5.41) is 8.71.